The van der Waals surface area contributed by atoms with E-state index >= 15 is 0 Å². The molecule has 2 aromatic carbocycles. The van der Waals surface area contributed by atoms with Crippen molar-refractivity contribution in [3.63, 3.8) is 0 Å². The molecular weight excluding hydrogens is 442 g/mol. The fraction of sp³-hybridized carbons (Fsp3) is 0.296. The lowest BCUT2D eigenvalue weighted by atomic mass is 10.1. The second kappa shape index (κ2) is 9.29. The van der Waals surface area contributed by atoms with Crippen LogP contribution in [-0.2, 0) is 11.3 Å². The van der Waals surface area contributed by atoms with Gasteiger partial charge in [0.1, 0.15) is 17.9 Å². The van der Waals surface area contributed by atoms with Gasteiger partial charge in [0.2, 0.25) is 5.91 Å². The lowest BCUT2D eigenvalue weighted by Crippen LogP contribution is -2.50. The van der Waals surface area contributed by atoms with Gasteiger partial charge in [-0.25, -0.2) is 4.68 Å². The van der Waals surface area contributed by atoms with Crippen LogP contribution in [0.15, 0.2) is 65.5 Å². The summed E-state index contributed by atoms with van der Waals surface area (Å²) in [5.74, 6) is 0.757. The molecule has 1 fully saturated rings. The van der Waals surface area contributed by atoms with Crippen LogP contribution in [0.2, 0.25) is 0 Å². The molecule has 0 bridgehead atoms. The van der Waals surface area contributed by atoms with Crippen molar-refractivity contribution < 1.29 is 9.53 Å². The first-order chi connectivity index (χ1) is 17.0. The third kappa shape index (κ3) is 4.27. The van der Waals surface area contributed by atoms with E-state index in [1.807, 2.05) is 73.3 Å². The number of para-hydroxylation sites is 1. The second-order valence-electron chi connectivity index (χ2n) is 8.85. The van der Waals surface area contributed by atoms with Gasteiger partial charge in [-0.1, -0.05) is 18.2 Å². The Hall–Kier alpha value is -4.07. The molecule has 8 nitrogen and oxygen atoms in total. The number of benzene rings is 2. The summed E-state index contributed by atoms with van der Waals surface area (Å²) in [6.07, 6.45) is 0. The van der Waals surface area contributed by atoms with Gasteiger partial charge in [0.15, 0.2) is 0 Å². The Morgan fingerprint density at radius 2 is 1.63 bits per heavy atom. The lowest BCUT2D eigenvalue weighted by molar-refractivity contribution is -0.132. The molecule has 1 aliphatic rings. The van der Waals surface area contributed by atoms with E-state index in [-0.39, 0.29) is 18.0 Å². The van der Waals surface area contributed by atoms with E-state index in [2.05, 4.69) is 4.90 Å². The van der Waals surface area contributed by atoms with Gasteiger partial charge in [0.05, 0.1) is 18.5 Å². The molecule has 0 atom stereocenters. The molecule has 0 spiro atoms. The molecule has 1 aliphatic heterocycles. The highest BCUT2D eigenvalue weighted by molar-refractivity contribution is 5.85. The van der Waals surface area contributed by atoms with Crippen molar-refractivity contribution in [2.45, 2.75) is 20.4 Å². The number of aromatic nitrogens is 3. The third-order valence-electron chi connectivity index (χ3n) is 6.66. The molecule has 2 aromatic heterocycles. The number of pyridine rings is 1. The van der Waals surface area contributed by atoms with Gasteiger partial charge >= 0.3 is 0 Å². The molecular formula is C27H29N5O3. The number of ether oxygens (including phenoxy) is 1. The molecule has 5 rings (SSSR count). The van der Waals surface area contributed by atoms with Crippen LogP contribution in [0.5, 0.6) is 5.75 Å². The van der Waals surface area contributed by atoms with E-state index in [4.69, 9.17) is 9.84 Å². The zero-order chi connectivity index (χ0) is 24.5. The summed E-state index contributed by atoms with van der Waals surface area (Å²) in [6.45, 7) is 6.50. The van der Waals surface area contributed by atoms with Gasteiger partial charge in [-0.15, -0.1) is 0 Å². The van der Waals surface area contributed by atoms with Gasteiger partial charge in [-0.2, -0.15) is 5.10 Å². The maximum Gasteiger partial charge on any atom is 0.252 e. The molecule has 3 heterocycles. The van der Waals surface area contributed by atoms with Crippen molar-refractivity contribution in [1.82, 2.24) is 19.2 Å². The van der Waals surface area contributed by atoms with Crippen LogP contribution in [0.3, 0.4) is 0 Å². The van der Waals surface area contributed by atoms with Gasteiger partial charge in [-0.05, 0) is 55.8 Å². The minimum Gasteiger partial charge on any atom is -0.497 e. The highest BCUT2D eigenvalue weighted by atomic mass is 16.5. The summed E-state index contributed by atoms with van der Waals surface area (Å²) in [6, 6.07) is 19.3. The van der Waals surface area contributed by atoms with Crippen molar-refractivity contribution >= 4 is 22.6 Å². The predicted molar refractivity (Wildman–Crippen MR) is 137 cm³/mol. The normalized spacial score (nSPS) is 13.9. The van der Waals surface area contributed by atoms with Gasteiger partial charge < -0.3 is 14.5 Å². The number of nitrogens with zero attached hydrogens (tertiary/aromatic N) is 5. The van der Waals surface area contributed by atoms with Crippen LogP contribution in [0.4, 0.5) is 5.69 Å². The Balaban J connectivity index is 1.40. The second-order valence-corrected chi connectivity index (χ2v) is 8.85. The first kappa shape index (κ1) is 22.7. The summed E-state index contributed by atoms with van der Waals surface area (Å²) in [5.41, 5.74) is 4.11. The van der Waals surface area contributed by atoms with Crippen molar-refractivity contribution in [2.24, 2.45) is 0 Å². The first-order valence-electron chi connectivity index (χ1n) is 11.8. The largest absolute Gasteiger partial charge is 0.497 e. The number of hydrogen-bond donors (Lipinski definition) is 0. The molecule has 0 saturated carbocycles. The minimum atomic E-state index is -0.197. The number of carbonyl (C=O) groups is 1. The van der Waals surface area contributed by atoms with E-state index < -0.39 is 0 Å². The van der Waals surface area contributed by atoms with Crippen LogP contribution in [-0.4, -0.2) is 58.4 Å². The maximum atomic E-state index is 13.3. The Kier molecular flexibility index (Phi) is 6.03. The van der Waals surface area contributed by atoms with Crippen LogP contribution in [0.25, 0.3) is 16.7 Å². The molecule has 8 heteroatoms. The van der Waals surface area contributed by atoms with Crippen LogP contribution in [0.1, 0.15) is 11.3 Å². The monoisotopic (exact) mass is 471 g/mol. The van der Waals surface area contributed by atoms with Gasteiger partial charge in [0, 0.05) is 43.3 Å². The summed E-state index contributed by atoms with van der Waals surface area (Å²) < 4.78 is 8.58. The van der Waals surface area contributed by atoms with Crippen LogP contribution < -0.4 is 15.2 Å². The topological polar surface area (TPSA) is 72.6 Å². The number of aryl methyl sites for hydroxylation is 2. The summed E-state index contributed by atoms with van der Waals surface area (Å²) in [7, 11) is 1.65. The number of methoxy groups -OCH3 is 1. The highest BCUT2D eigenvalue weighted by Gasteiger charge is 2.24. The van der Waals surface area contributed by atoms with E-state index in [1.165, 1.54) is 0 Å². The average molecular weight is 472 g/mol. The molecule has 0 radical (unpaired) electrons. The fourth-order valence-corrected chi connectivity index (χ4v) is 4.81. The number of anilines is 1. The van der Waals surface area contributed by atoms with E-state index in [0.717, 1.165) is 46.9 Å². The van der Waals surface area contributed by atoms with E-state index in [9.17, 15) is 9.59 Å². The third-order valence-corrected chi connectivity index (χ3v) is 6.66. The Morgan fingerprint density at radius 1 is 0.943 bits per heavy atom. The zero-order valence-electron chi connectivity index (χ0n) is 20.3. The van der Waals surface area contributed by atoms with Crippen LogP contribution >= 0.6 is 0 Å². The predicted octanol–water partition coefficient (Wildman–Crippen LogP) is 3.16. The summed E-state index contributed by atoms with van der Waals surface area (Å²) in [4.78, 5) is 30.5. The number of amides is 1. The SMILES string of the molecule is COc1ccc(N2CCN(C(=O)Cn3c(=O)cc(C)c4c(C)nn(-c5ccccc5)c43)CC2)cc1. The number of rotatable bonds is 5. The van der Waals surface area contributed by atoms with Crippen molar-refractivity contribution in [3.05, 3.63) is 82.3 Å². The van der Waals surface area contributed by atoms with Crippen molar-refractivity contribution in [2.75, 3.05) is 38.2 Å². The molecule has 1 saturated heterocycles. The standard InChI is InChI=1S/C27H29N5O3/c1-19-17-24(33)31(27-26(19)20(2)28-32(27)22-7-5-4-6-8-22)18-25(34)30-15-13-29(14-16-30)21-9-11-23(35-3)12-10-21/h4-12,17H,13-16,18H2,1-3H3. The fourth-order valence-electron chi connectivity index (χ4n) is 4.81. The number of hydrogen-bond acceptors (Lipinski definition) is 5. The van der Waals surface area contributed by atoms with Gasteiger partial charge in [-0.3, -0.25) is 14.2 Å². The zero-order valence-corrected chi connectivity index (χ0v) is 20.3. The Labute approximate surface area is 203 Å². The molecule has 1 amide bonds. The molecule has 35 heavy (non-hydrogen) atoms. The summed E-state index contributed by atoms with van der Waals surface area (Å²) in [5, 5.41) is 5.62. The quantitative estimate of drug-likeness (QED) is 0.447. The van der Waals surface area contributed by atoms with E-state index in [1.54, 1.807) is 22.4 Å². The van der Waals surface area contributed by atoms with E-state index in [0.29, 0.717) is 18.7 Å². The smallest absolute Gasteiger partial charge is 0.252 e. The first-order valence-corrected chi connectivity index (χ1v) is 11.8. The number of carbonyl (C=O) groups excluding carboxylic acids is 1. The molecule has 0 N–H and O–H groups in total. The lowest BCUT2D eigenvalue weighted by Gasteiger charge is -2.36. The number of piperazine rings is 1. The maximum absolute atomic E-state index is 13.3. The minimum absolute atomic E-state index is 0.0177. The molecule has 0 aliphatic carbocycles. The Bertz CT molecular complexity index is 1420. The van der Waals surface area contributed by atoms with Gasteiger partial charge in [0.25, 0.3) is 5.56 Å². The average Bonchev–Trinajstić information content (AvgIpc) is 3.24. The molecule has 180 valence electrons. The van der Waals surface area contributed by atoms with Crippen LogP contribution in [0, 0.1) is 13.8 Å². The highest BCUT2D eigenvalue weighted by Crippen LogP contribution is 2.24. The number of fused-ring (bicyclic) bond motifs is 1. The molecule has 4 aromatic rings. The van der Waals surface area contributed by atoms with Crippen molar-refractivity contribution in [1.29, 1.82) is 0 Å². The summed E-state index contributed by atoms with van der Waals surface area (Å²) >= 11 is 0. The molecule has 0 unspecified atom stereocenters. The van der Waals surface area contributed by atoms with Crippen molar-refractivity contribution in [3.8, 4) is 11.4 Å². The Morgan fingerprint density at radius 3 is 2.29 bits per heavy atom.